The van der Waals surface area contributed by atoms with Gasteiger partial charge in [-0.05, 0) is 37.0 Å². The lowest BCUT2D eigenvalue weighted by molar-refractivity contribution is 0.316. The van der Waals surface area contributed by atoms with Gasteiger partial charge in [-0.1, -0.05) is 17.3 Å². The lowest BCUT2D eigenvalue weighted by Crippen LogP contribution is -1.96. The summed E-state index contributed by atoms with van der Waals surface area (Å²) in [6.45, 7) is 1.87. The molecule has 1 fully saturated rings. The zero-order valence-corrected chi connectivity index (χ0v) is 8.97. The number of methoxy groups -OCH3 is 1. The first-order valence-electron chi connectivity index (χ1n) is 5.08. The molecule has 1 saturated carbocycles. The van der Waals surface area contributed by atoms with Crippen molar-refractivity contribution < 1.29 is 9.94 Å². The number of rotatable bonds is 3. The van der Waals surface area contributed by atoms with Crippen LogP contribution in [0.1, 0.15) is 24.8 Å². The summed E-state index contributed by atoms with van der Waals surface area (Å²) < 4.78 is 5.10. The molecule has 0 bridgehead atoms. The molecule has 0 spiro atoms. The topological polar surface area (TPSA) is 41.8 Å². The Kier molecular flexibility index (Phi) is 2.62. The molecular formula is C12H15NO2. The maximum absolute atomic E-state index is 8.66. The summed E-state index contributed by atoms with van der Waals surface area (Å²) in [6, 6.07) is 8.09. The molecule has 0 saturated heterocycles. The molecule has 1 aliphatic rings. The molecule has 80 valence electrons. The van der Waals surface area contributed by atoms with E-state index in [2.05, 4.69) is 17.3 Å². The van der Waals surface area contributed by atoms with E-state index >= 15 is 0 Å². The SMILES string of the molecule is COc1ccc([C@@H]2C[C@@H]2/C(C)=N\O)cc1. The molecule has 1 aromatic carbocycles. The molecule has 3 heteroatoms. The fourth-order valence-corrected chi connectivity index (χ4v) is 1.95. The number of oxime groups is 1. The molecule has 1 aliphatic carbocycles. The van der Waals surface area contributed by atoms with Crippen molar-refractivity contribution in [1.29, 1.82) is 0 Å². The van der Waals surface area contributed by atoms with Crippen LogP contribution in [0, 0.1) is 5.92 Å². The highest BCUT2D eigenvalue weighted by Gasteiger charge is 2.40. The van der Waals surface area contributed by atoms with E-state index < -0.39 is 0 Å². The van der Waals surface area contributed by atoms with Gasteiger partial charge in [-0.15, -0.1) is 0 Å². The summed E-state index contributed by atoms with van der Waals surface area (Å²) >= 11 is 0. The molecule has 1 N–H and O–H groups in total. The van der Waals surface area contributed by atoms with Crippen molar-refractivity contribution in [2.24, 2.45) is 11.1 Å². The number of benzene rings is 1. The highest BCUT2D eigenvalue weighted by atomic mass is 16.5. The third-order valence-electron chi connectivity index (χ3n) is 3.03. The van der Waals surface area contributed by atoms with Gasteiger partial charge in [0.25, 0.3) is 0 Å². The standard InChI is InChI=1S/C12H15NO2/c1-8(13-14)11-7-12(11)9-3-5-10(15-2)6-4-9/h3-6,11-12,14H,7H2,1-2H3/b13-8-/t11-,12+/m1/s1. The molecule has 0 aliphatic heterocycles. The first-order valence-corrected chi connectivity index (χ1v) is 5.08. The van der Waals surface area contributed by atoms with Crippen LogP contribution in [0.15, 0.2) is 29.4 Å². The fourth-order valence-electron chi connectivity index (χ4n) is 1.95. The quantitative estimate of drug-likeness (QED) is 0.468. The first kappa shape index (κ1) is 10.0. The Balaban J connectivity index is 2.07. The van der Waals surface area contributed by atoms with E-state index in [0.717, 1.165) is 17.9 Å². The summed E-state index contributed by atoms with van der Waals surface area (Å²) in [5.74, 6) is 1.82. The molecule has 3 nitrogen and oxygen atoms in total. The molecule has 0 heterocycles. The number of hydrogen-bond donors (Lipinski definition) is 1. The van der Waals surface area contributed by atoms with Crippen molar-refractivity contribution in [2.45, 2.75) is 19.3 Å². The molecule has 0 unspecified atom stereocenters. The predicted molar refractivity (Wildman–Crippen MR) is 58.7 cm³/mol. The van der Waals surface area contributed by atoms with Crippen molar-refractivity contribution in [3.63, 3.8) is 0 Å². The lowest BCUT2D eigenvalue weighted by Gasteiger charge is -2.02. The number of hydrogen-bond acceptors (Lipinski definition) is 3. The van der Waals surface area contributed by atoms with Crippen molar-refractivity contribution in [1.82, 2.24) is 0 Å². The Morgan fingerprint density at radius 3 is 2.60 bits per heavy atom. The van der Waals surface area contributed by atoms with Gasteiger partial charge in [-0.25, -0.2) is 0 Å². The van der Waals surface area contributed by atoms with E-state index in [0.29, 0.717) is 11.8 Å². The molecule has 0 amide bonds. The first-order chi connectivity index (χ1) is 7.26. The van der Waals surface area contributed by atoms with Crippen LogP contribution < -0.4 is 4.74 Å². The van der Waals surface area contributed by atoms with Gasteiger partial charge in [0.15, 0.2) is 0 Å². The van der Waals surface area contributed by atoms with Gasteiger partial charge in [0, 0.05) is 5.92 Å². The van der Waals surface area contributed by atoms with Crippen molar-refractivity contribution in [3.05, 3.63) is 29.8 Å². The molecular weight excluding hydrogens is 190 g/mol. The predicted octanol–water partition coefficient (Wildman–Crippen LogP) is 2.65. The van der Waals surface area contributed by atoms with E-state index in [1.54, 1.807) is 7.11 Å². The smallest absolute Gasteiger partial charge is 0.118 e. The van der Waals surface area contributed by atoms with Crippen molar-refractivity contribution >= 4 is 5.71 Å². The fraction of sp³-hybridized carbons (Fsp3) is 0.417. The Morgan fingerprint density at radius 1 is 1.40 bits per heavy atom. The van der Waals surface area contributed by atoms with Crippen molar-refractivity contribution in [3.8, 4) is 5.75 Å². The minimum Gasteiger partial charge on any atom is -0.497 e. The highest BCUT2D eigenvalue weighted by Crippen LogP contribution is 2.48. The van der Waals surface area contributed by atoms with Crippen LogP contribution in [0.2, 0.25) is 0 Å². The highest BCUT2D eigenvalue weighted by molar-refractivity contribution is 5.87. The van der Waals surface area contributed by atoms with Crippen LogP contribution in [-0.2, 0) is 0 Å². The third kappa shape index (κ3) is 1.96. The van der Waals surface area contributed by atoms with Gasteiger partial charge in [-0.3, -0.25) is 0 Å². The lowest BCUT2D eigenvalue weighted by atomic mass is 10.1. The maximum atomic E-state index is 8.66. The van der Waals surface area contributed by atoms with Crippen LogP contribution in [0.25, 0.3) is 0 Å². The minimum atomic E-state index is 0.420. The Labute approximate surface area is 89.4 Å². The minimum absolute atomic E-state index is 0.420. The Morgan fingerprint density at radius 2 is 2.07 bits per heavy atom. The largest absolute Gasteiger partial charge is 0.497 e. The molecule has 2 rings (SSSR count). The third-order valence-corrected chi connectivity index (χ3v) is 3.03. The van der Waals surface area contributed by atoms with Gasteiger partial charge in [-0.2, -0.15) is 0 Å². The molecule has 15 heavy (non-hydrogen) atoms. The zero-order chi connectivity index (χ0) is 10.8. The van der Waals surface area contributed by atoms with Crippen LogP contribution in [0.4, 0.5) is 0 Å². The van der Waals surface area contributed by atoms with E-state index in [4.69, 9.17) is 9.94 Å². The van der Waals surface area contributed by atoms with Crippen LogP contribution in [0.5, 0.6) is 5.75 Å². The van der Waals surface area contributed by atoms with Gasteiger partial charge in [0.1, 0.15) is 5.75 Å². The average molecular weight is 205 g/mol. The Hall–Kier alpha value is -1.51. The second kappa shape index (κ2) is 3.93. The second-order valence-electron chi connectivity index (χ2n) is 3.96. The summed E-state index contributed by atoms with van der Waals surface area (Å²) in [4.78, 5) is 0. The van der Waals surface area contributed by atoms with Crippen LogP contribution in [-0.4, -0.2) is 18.0 Å². The van der Waals surface area contributed by atoms with Gasteiger partial charge >= 0.3 is 0 Å². The van der Waals surface area contributed by atoms with E-state index in [1.807, 2.05) is 19.1 Å². The second-order valence-corrected chi connectivity index (χ2v) is 3.96. The summed E-state index contributed by atoms with van der Waals surface area (Å²) in [5.41, 5.74) is 2.12. The average Bonchev–Trinajstić information content (AvgIpc) is 3.08. The zero-order valence-electron chi connectivity index (χ0n) is 8.97. The maximum Gasteiger partial charge on any atom is 0.118 e. The Bertz CT molecular complexity index is 370. The molecule has 2 atom stereocenters. The van der Waals surface area contributed by atoms with Crippen LogP contribution in [0.3, 0.4) is 0 Å². The van der Waals surface area contributed by atoms with E-state index in [-0.39, 0.29) is 0 Å². The monoisotopic (exact) mass is 205 g/mol. The normalized spacial score (nSPS) is 25.1. The summed E-state index contributed by atoms with van der Waals surface area (Å²) in [6.07, 6.45) is 1.09. The van der Waals surface area contributed by atoms with Gasteiger partial charge in [0.2, 0.25) is 0 Å². The van der Waals surface area contributed by atoms with Gasteiger partial charge < -0.3 is 9.94 Å². The molecule has 1 aromatic rings. The van der Waals surface area contributed by atoms with Crippen LogP contribution >= 0.6 is 0 Å². The number of nitrogens with zero attached hydrogens (tertiary/aromatic N) is 1. The number of ether oxygens (including phenoxy) is 1. The molecule has 0 aromatic heterocycles. The van der Waals surface area contributed by atoms with E-state index in [9.17, 15) is 0 Å². The summed E-state index contributed by atoms with van der Waals surface area (Å²) in [5, 5.41) is 11.9. The van der Waals surface area contributed by atoms with E-state index in [1.165, 1.54) is 5.56 Å². The molecule has 0 radical (unpaired) electrons. The van der Waals surface area contributed by atoms with Crippen molar-refractivity contribution in [2.75, 3.05) is 7.11 Å². The van der Waals surface area contributed by atoms with Gasteiger partial charge in [0.05, 0.1) is 12.8 Å². The summed E-state index contributed by atoms with van der Waals surface area (Å²) in [7, 11) is 1.66.